The van der Waals surface area contributed by atoms with E-state index in [1.165, 1.54) is 4.68 Å². The molecule has 4 nitrogen and oxygen atoms in total. The van der Waals surface area contributed by atoms with Crippen molar-refractivity contribution in [3.05, 3.63) is 41.2 Å². The summed E-state index contributed by atoms with van der Waals surface area (Å²) in [5, 5.41) is 7.61. The molecule has 2 rings (SSSR count). The van der Waals surface area contributed by atoms with Gasteiger partial charge >= 0.3 is 0 Å². The van der Waals surface area contributed by atoms with Crippen LogP contribution in [0.2, 0.25) is 5.15 Å². The van der Waals surface area contributed by atoms with Gasteiger partial charge in [-0.2, -0.15) is 0 Å². The van der Waals surface area contributed by atoms with Crippen LogP contribution in [0.5, 0.6) is 0 Å². The average molecular weight is 208 g/mol. The number of carbonyl (C=O) groups is 1. The van der Waals surface area contributed by atoms with E-state index in [1.807, 2.05) is 30.3 Å². The van der Waals surface area contributed by atoms with Crippen molar-refractivity contribution >= 4 is 17.9 Å². The van der Waals surface area contributed by atoms with Gasteiger partial charge in [-0.3, -0.25) is 4.79 Å². The summed E-state index contributed by atoms with van der Waals surface area (Å²) in [7, 11) is 0. The van der Waals surface area contributed by atoms with Gasteiger partial charge in [-0.15, -0.1) is 5.10 Å². The summed E-state index contributed by atoms with van der Waals surface area (Å²) in [6.07, 6.45) is 0.578. The molecule has 1 aromatic carbocycles. The molecule has 5 heteroatoms. The predicted octanol–water partition coefficient (Wildman–Crippen LogP) is 1.73. The molecule has 70 valence electrons. The van der Waals surface area contributed by atoms with Crippen LogP contribution in [0.4, 0.5) is 0 Å². The zero-order valence-corrected chi connectivity index (χ0v) is 7.85. The Labute approximate surface area is 85.1 Å². The Morgan fingerprint density at radius 2 is 2.00 bits per heavy atom. The number of aldehydes is 1. The highest BCUT2D eigenvalue weighted by molar-refractivity contribution is 6.31. The smallest absolute Gasteiger partial charge is 0.173 e. The van der Waals surface area contributed by atoms with E-state index in [-0.39, 0.29) is 10.8 Å². The number of rotatable bonds is 2. The van der Waals surface area contributed by atoms with Crippen molar-refractivity contribution in [3.8, 4) is 5.69 Å². The predicted molar refractivity (Wildman–Crippen MR) is 51.8 cm³/mol. The van der Waals surface area contributed by atoms with Crippen LogP contribution in [-0.2, 0) is 0 Å². The Morgan fingerprint density at radius 3 is 2.57 bits per heavy atom. The Kier molecular flexibility index (Phi) is 2.28. The summed E-state index contributed by atoms with van der Waals surface area (Å²) in [5.41, 5.74) is 0.925. The van der Waals surface area contributed by atoms with Gasteiger partial charge in [0.1, 0.15) is 0 Å². The molecule has 0 atom stereocenters. The molecule has 0 aliphatic heterocycles. The van der Waals surface area contributed by atoms with E-state index in [0.29, 0.717) is 6.29 Å². The van der Waals surface area contributed by atoms with Gasteiger partial charge in [0.05, 0.1) is 5.69 Å². The molecule has 1 aromatic heterocycles. The molecule has 0 aliphatic rings. The van der Waals surface area contributed by atoms with Crippen LogP contribution in [0.3, 0.4) is 0 Å². The van der Waals surface area contributed by atoms with E-state index in [1.54, 1.807) is 0 Å². The first-order valence-corrected chi connectivity index (χ1v) is 4.32. The number of para-hydroxylation sites is 1. The second-order valence-corrected chi connectivity index (χ2v) is 2.99. The van der Waals surface area contributed by atoms with Gasteiger partial charge in [0.25, 0.3) is 0 Å². The lowest BCUT2D eigenvalue weighted by Gasteiger charge is -1.99. The van der Waals surface area contributed by atoms with E-state index >= 15 is 0 Å². The van der Waals surface area contributed by atoms with Gasteiger partial charge in [-0.1, -0.05) is 35.0 Å². The summed E-state index contributed by atoms with van der Waals surface area (Å²) < 4.78 is 1.41. The monoisotopic (exact) mass is 207 g/mol. The molecule has 0 saturated heterocycles. The van der Waals surface area contributed by atoms with Crippen LogP contribution >= 0.6 is 11.6 Å². The maximum absolute atomic E-state index is 10.5. The lowest BCUT2D eigenvalue weighted by Crippen LogP contribution is -1.95. The molecule has 0 spiro atoms. The van der Waals surface area contributed by atoms with Crippen LogP contribution in [0.25, 0.3) is 5.69 Å². The Morgan fingerprint density at radius 1 is 1.29 bits per heavy atom. The second kappa shape index (κ2) is 3.59. The normalized spacial score (nSPS) is 10.1. The van der Waals surface area contributed by atoms with Crippen molar-refractivity contribution < 1.29 is 4.79 Å². The molecule has 0 unspecified atom stereocenters. The number of nitrogens with zero attached hydrogens (tertiary/aromatic N) is 3. The first-order chi connectivity index (χ1) is 6.83. The summed E-state index contributed by atoms with van der Waals surface area (Å²) >= 11 is 5.87. The van der Waals surface area contributed by atoms with Gasteiger partial charge in [0.15, 0.2) is 17.1 Å². The first kappa shape index (κ1) is 8.90. The van der Waals surface area contributed by atoms with E-state index in [9.17, 15) is 4.79 Å². The number of carbonyl (C=O) groups excluding carboxylic acids is 1. The summed E-state index contributed by atoms with van der Waals surface area (Å²) in [4.78, 5) is 10.5. The van der Waals surface area contributed by atoms with E-state index in [2.05, 4.69) is 10.3 Å². The Hall–Kier alpha value is -1.68. The first-order valence-electron chi connectivity index (χ1n) is 3.94. The molecule has 0 aliphatic carbocycles. The lowest BCUT2D eigenvalue weighted by atomic mass is 10.3. The summed E-state index contributed by atoms with van der Waals surface area (Å²) in [6, 6.07) is 9.25. The third kappa shape index (κ3) is 1.40. The minimum absolute atomic E-state index is 0.149. The highest BCUT2D eigenvalue weighted by Crippen LogP contribution is 2.16. The standard InChI is InChI=1S/C9H6ClN3O/c10-9-8(6-14)11-12-13(9)7-4-2-1-3-5-7/h1-6H. The molecule has 0 N–H and O–H groups in total. The van der Waals surface area contributed by atoms with E-state index < -0.39 is 0 Å². The third-order valence-electron chi connectivity index (χ3n) is 1.75. The van der Waals surface area contributed by atoms with Gasteiger partial charge in [0, 0.05) is 0 Å². The van der Waals surface area contributed by atoms with E-state index in [0.717, 1.165) is 5.69 Å². The number of hydrogen-bond donors (Lipinski definition) is 0. The van der Waals surface area contributed by atoms with Gasteiger partial charge in [-0.25, -0.2) is 4.68 Å². The number of benzene rings is 1. The Balaban J connectivity index is 2.53. The largest absolute Gasteiger partial charge is 0.296 e. The van der Waals surface area contributed by atoms with Crippen LogP contribution < -0.4 is 0 Å². The minimum atomic E-state index is 0.149. The van der Waals surface area contributed by atoms with Gasteiger partial charge in [0.2, 0.25) is 0 Å². The SMILES string of the molecule is O=Cc1nnn(-c2ccccc2)c1Cl. The van der Waals surface area contributed by atoms with Crippen LogP contribution in [-0.4, -0.2) is 21.3 Å². The fraction of sp³-hybridized carbons (Fsp3) is 0. The zero-order chi connectivity index (χ0) is 9.97. The Bertz CT molecular complexity index is 452. The number of aromatic nitrogens is 3. The average Bonchev–Trinajstić information content (AvgIpc) is 2.61. The molecular formula is C9H6ClN3O. The van der Waals surface area contributed by atoms with Crippen molar-refractivity contribution in [2.75, 3.05) is 0 Å². The highest BCUT2D eigenvalue weighted by atomic mass is 35.5. The van der Waals surface area contributed by atoms with Crippen molar-refractivity contribution in [2.45, 2.75) is 0 Å². The summed E-state index contributed by atoms with van der Waals surface area (Å²) in [6.45, 7) is 0. The van der Waals surface area contributed by atoms with Gasteiger partial charge in [-0.05, 0) is 12.1 Å². The molecular weight excluding hydrogens is 202 g/mol. The van der Waals surface area contributed by atoms with Crippen molar-refractivity contribution in [3.63, 3.8) is 0 Å². The molecule has 1 heterocycles. The second-order valence-electron chi connectivity index (χ2n) is 2.63. The fourth-order valence-electron chi connectivity index (χ4n) is 1.09. The summed E-state index contributed by atoms with van der Waals surface area (Å²) in [5.74, 6) is 0. The van der Waals surface area contributed by atoms with Crippen molar-refractivity contribution in [1.82, 2.24) is 15.0 Å². The third-order valence-corrected chi connectivity index (χ3v) is 2.11. The van der Waals surface area contributed by atoms with Crippen LogP contribution in [0.1, 0.15) is 10.5 Å². The molecule has 0 bridgehead atoms. The molecule has 0 amide bonds. The number of hydrogen-bond acceptors (Lipinski definition) is 3. The number of halogens is 1. The topological polar surface area (TPSA) is 47.8 Å². The maximum atomic E-state index is 10.5. The fourth-order valence-corrected chi connectivity index (χ4v) is 1.30. The molecule has 0 radical (unpaired) electrons. The van der Waals surface area contributed by atoms with Crippen LogP contribution in [0, 0.1) is 0 Å². The lowest BCUT2D eigenvalue weighted by molar-refractivity contribution is 0.111. The zero-order valence-electron chi connectivity index (χ0n) is 7.09. The van der Waals surface area contributed by atoms with E-state index in [4.69, 9.17) is 11.6 Å². The molecule has 0 fully saturated rings. The quantitative estimate of drug-likeness (QED) is 0.705. The molecule has 14 heavy (non-hydrogen) atoms. The minimum Gasteiger partial charge on any atom is -0.296 e. The van der Waals surface area contributed by atoms with Gasteiger partial charge < -0.3 is 0 Å². The van der Waals surface area contributed by atoms with Crippen molar-refractivity contribution in [1.29, 1.82) is 0 Å². The molecule has 0 saturated carbocycles. The maximum Gasteiger partial charge on any atom is 0.173 e. The molecule has 2 aromatic rings. The van der Waals surface area contributed by atoms with Crippen LogP contribution in [0.15, 0.2) is 30.3 Å². The highest BCUT2D eigenvalue weighted by Gasteiger charge is 2.10. The van der Waals surface area contributed by atoms with Crippen molar-refractivity contribution in [2.24, 2.45) is 0 Å².